The van der Waals surface area contributed by atoms with Crippen LogP contribution in [-0.4, -0.2) is 6.04 Å². The third-order valence-corrected chi connectivity index (χ3v) is 3.64. The summed E-state index contributed by atoms with van der Waals surface area (Å²) in [7, 11) is 0. The lowest BCUT2D eigenvalue weighted by atomic mass is 9.99. The largest absolute Gasteiger partial charge is 0.484 e. The van der Waals surface area contributed by atoms with Gasteiger partial charge in [0.15, 0.2) is 0 Å². The zero-order valence-corrected chi connectivity index (χ0v) is 12.8. The lowest BCUT2D eigenvalue weighted by Gasteiger charge is -2.26. The van der Waals surface area contributed by atoms with Crippen molar-refractivity contribution in [2.75, 3.05) is 0 Å². The summed E-state index contributed by atoms with van der Waals surface area (Å²) in [6, 6.07) is 12.5. The molecular weight excluding hydrogens is 265 g/mol. The Morgan fingerprint density at radius 3 is 2.57 bits per heavy atom. The van der Waals surface area contributed by atoms with Crippen molar-refractivity contribution in [3.63, 3.8) is 0 Å². The molecule has 2 rings (SSSR count). The molecule has 2 unspecified atom stereocenters. The van der Waals surface area contributed by atoms with Crippen molar-refractivity contribution in [2.45, 2.75) is 39.3 Å². The Hall–Kier alpha value is -1.87. The van der Waals surface area contributed by atoms with E-state index in [9.17, 15) is 4.39 Å². The van der Waals surface area contributed by atoms with Crippen LogP contribution < -0.4 is 10.5 Å². The van der Waals surface area contributed by atoms with Crippen LogP contribution in [0, 0.1) is 19.7 Å². The van der Waals surface area contributed by atoms with Gasteiger partial charge in [-0.3, -0.25) is 0 Å². The quantitative estimate of drug-likeness (QED) is 0.890. The van der Waals surface area contributed by atoms with E-state index in [0.29, 0.717) is 5.75 Å². The molecule has 0 saturated carbocycles. The molecular formula is C18H22FNO. The van der Waals surface area contributed by atoms with E-state index in [2.05, 4.69) is 6.07 Å². The summed E-state index contributed by atoms with van der Waals surface area (Å²) in [6.07, 6.45) is 0.503. The number of hydrogen-bond acceptors (Lipinski definition) is 2. The highest BCUT2D eigenvalue weighted by molar-refractivity contribution is 5.34. The van der Waals surface area contributed by atoms with Gasteiger partial charge >= 0.3 is 0 Å². The second kappa shape index (κ2) is 6.72. The predicted octanol–water partition coefficient (Wildman–Crippen LogP) is 4.30. The Kier molecular flexibility index (Phi) is 4.97. The summed E-state index contributed by atoms with van der Waals surface area (Å²) in [5, 5.41) is 0. The number of nitrogens with two attached hydrogens (primary N) is 1. The predicted molar refractivity (Wildman–Crippen MR) is 84.0 cm³/mol. The third kappa shape index (κ3) is 3.82. The lowest BCUT2D eigenvalue weighted by molar-refractivity contribution is 0.169. The van der Waals surface area contributed by atoms with Gasteiger partial charge in [-0.1, -0.05) is 42.8 Å². The maximum atomic E-state index is 13.4. The van der Waals surface area contributed by atoms with Crippen LogP contribution in [0.25, 0.3) is 0 Å². The Balaban J connectivity index is 2.35. The van der Waals surface area contributed by atoms with E-state index in [1.54, 1.807) is 6.07 Å². The highest BCUT2D eigenvalue weighted by Gasteiger charge is 2.21. The van der Waals surface area contributed by atoms with Crippen molar-refractivity contribution in [1.82, 2.24) is 0 Å². The molecule has 112 valence electrons. The first-order chi connectivity index (χ1) is 10.0. The molecule has 0 heterocycles. The van der Waals surface area contributed by atoms with Crippen LogP contribution in [0.15, 0.2) is 42.5 Å². The molecule has 0 saturated heterocycles. The van der Waals surface area contributed by atoms with E-state index >= 15 is 0 Å². The van der Waals surface area contributed by atoms with Gasteiger partial charge in [-0.05, 0) is 37.5 Å². The first-order valence-electron chi connectivity index (χ1n) is 7.26. The van der Waals surface area contributed by atoms with Crippen molar-refractivity contribution in [2.24, 2.45) is 5.73 Å². The Bertz CT molecular complexity index is 612. The first kappa shape index (κ1) is 15.5. The molecule has 0 aromatic heterocycles. The highest BCUT2D eigenvalue weighted by Crippen LogP contribution is 2.28. The standard InChI is InChI=1S/C18H22FNO/c1-4-16(20)18(14-7-5-6-12(2)10-14)21-17-11-15(19)9-8-13(17)3/h5-11,16,18H,4,20H2,1-3H3. The minimum atomic E-state index is -0.302. The summed E-state index contributed by atoms with van der Waals surface area (Å²) in [5.74, 6) is 0.245. The number of halogens is 1. The molecule has 0 fully saturated rings. The number of aryl methyl sites for hydroxylation is 2. The molecule has 3 heteroatoms. The fraction of sp³-hybridized carbons (Fsp3) is 0.333. The maximum Gasteiger partial charge on any atom is 0.139 e. The third-order valence-electron chi connectivity index (χ3n) is 3.64. The topological polar surface area (TPSA) is 35.2 Å². The van der Waals surface area contributed by atoms with E-state index in [1.807, 2.05) is 39.0 Å². The molecule has 2 aromatic rings. The number of hydrogen-bond donors (Lipinski definition) is 1. The van der Waals surface area contributed by atoms with E-state index < -0.39 is 0 Å². The molecule has 2 aromatic carbocycles. The second-order valence-corrected chi connectivity index (χ2v) is 5.43. The summed E-state index contributed by atoms with van der Waals surface area (Å²) in [5.41, 5.74) is 9.29. The molecule has 2 atom stereocenters. The molecule has 0 radical (unpaired) electrons. The molecule has 0 aliphatic carbocycles. The number of rotatable bonds is 5. The van der Waals surface area contributed by atoms with Gasteiger partial charge in [0, 0.05) is 12.1 Å². The van der Waals surface area contributed by atoms with E-state index in [4.69, 9.17) is 10.5 Å². The van der Waals surface area contributed by atoms with Crippen LogP contribution in [0.2, 0.25) is 0 Å². The molecule has 0 spiro atoms. The van der Waals surface area contributed by atoms with Crippen LogP contribution in [0.1, 0.15) is 36.1 Å². The van der Waals surface area contributed by atoms with E-state index in [1.165, 1.54) is 12.1 Å². The molecule has 2 N–H and O–H groups in total. The van der Waals surface area contributed by atoms with Gasteiger partial charge in [0.2, 0.25) is 0 Å². The van der Waals surface area contributed by atoms with Crippen molar-refractivity contribution in [3.05, 3.63) is 65.0 Å². The fourth-order valence-corrected chi connectivity index (χ4v) is 2.30. The smallest absolute Gasteiger partial charge is 0.139 e. The van der Waals surface area contributed by atoms with E-state index in [-0.39, 0.29) is 18.0 Å². The summed E-state index contributed by atoms with van der Waals surface area (Å²) in [6.45, 7) is 5.96. The van der Waals surface area contributed by atoms with Gasteiger partial charge in [-0.2, -0.15) is 0 Å². The summed E-state index contributed by atoms with van der Waals surface area (Å²) >= 11 is 0. The zero-order chi connectivity index (χ0) is 15.4. The summed E-state index contributed by atoms with van der Waals surface area (Å²) in [4.78, 5) is 0. The molecule has 21 heavy (non-hydrogen) atoms. The van der Waals surface area contributed by atoms with Crippen molar-refractivity contribution in [1.29, 1.82) is 0 Å². The van der Waals surface area contributed by atoms with Crippen molar-refractivity contribution in [3.8, 4) is 5.75 Å². The van der Waals surface area contributed by atoms with Crippen LogP contribution in [0.3, 0.4) is 0 Å². The zero-order valence-electron chi connectivity index (χ0n) is 12.8. The molecule has 0 bridgehead atoms. The minimum absolute atomic E-state index is 0.144. The van der Waals surface area contributed by atoms with Gasteiger partial charge in [0.25, 0.3) is 0 Å². The molecule has 0 amide bonds. The average molecular weight is 287 g/mol. The monoisotopic (exact) mass is 287 g/mol. The molecule has 0 aliphatic heterocycles. The second-order valence-electron chi connectivity index (χ2n) is 5.43. The Morgan fingerprint density at radius 2 is 1.90 bits per heavy atom. The Labute approximate surface area is 125 Å². The number of ether oxygens (including phenoxy) is 1. The maximum absolute atomic E-state index is 13.4. The van der Waals surface area contributed by atoms with Crippen LogP contribution in [-0.2, 0) is 0 Å². The average Bonchev–Trinajstić information content (AvgIpc) is 2.47. The van der Waals surface area contributed by atoms with Gasteiger partial charge in [0.1, 0.15) is 17.7 Å². The number of benzene rings is 2. The SMILES string of the molecule is CCC(N)C(Oc1cc(F)ccc1C)c1cccc(C)c1. The fourth-order valence-electron chi connectivity index (χ4n) is 2.30. The van der Waals surface area contributed by atoms with Crippen molar-refractivity contribution < 1.29 is 9.13 Å². The van der Waals surface area contributed by atoms with Crippen molar-refractivity contribution >= 4 is 0 Å². The van der Waals surface area contributed by atoms with Crippen LogP contribution in [0.5, 0.6) is 5.75 Å². The first-order valence-corrected chi connectivity index (χ1v) is 7.26. The highest BCUT2D eigenvalue weighted by atomic mass is 19.1. The van der Waals surface area contributed by atoms with E-state index in [0.717, 1.165) is 23.1 Å². The normalized spacial score (nSPS) is 13.8. The summed E-state index contributed by atoms with van der Waals surface area (Å²) < 4.78 is 19.5. The van der Waals surface area contributed by atoms with Gasteiger partial charge < -0.3 is 10.5 Å². The van der Waals surface area contributed by atoms with Crippen LogP contribution >= 0.6 is 0 Å². The van der Waals surface area contributed by atoms with Gasteiger partial charge in [-0.25, -0.2) is 4.39 Å². The Morgan fingerprint density at radius 1 is 1.14 bits per heavy atom. The lowest BCUT2D eigenvalue weighted by Crippen LogP contribution is -2.31. The van der Waals surface area contributed by atoms with Crippen LogP contribution in [0.4, 0.5) is 4.39 Å². The molecule has 2 nitrogen and oxygen atoms in total. The van der Waals surface area contributed by atoms with Gasteiger partial charge in [0.05, 0.1) is 0 Å². The minimum Gasteiger partial charge on any atom is -0.484 e. The molecule has 0 aliphatic rings. The van der Waals surface area contributed by atoms with Gasteiger partial charge in [-0.15, -0.1) is 0 Å².